The quantitative estimate of drug-likeness (QED) is 0.874. The third kappa shape index (κ3) is 5.58. The lowest BCUT2D eigenvalue weighted by Crippen LogP contribution is -2.39. The molecule has 0 radical (unpaired) electrons. The predicted octanol–water partition coefficient (Wildman–Crippen LogP) is 2.13. The van der Waals surface area contributed by atoms with E-state index in [0.717, 1.165) is 37.2 Å². The lowest BCUT2D eigenvalue weighted by atomic mass is 10.1. The normalized spacial score (nSPS) is 14.4. The molecule has 1 aliphatic heterocycles. The van der Waals surface area contributed by atoms with E-state index in [1.165, 1.54) is 6.42 Å². The fraction of sp³-hybridized carbons (Fsp3) is 0.556. The zero-order chi connectivity index (χ0) is 16.7. The summed E-state index contributed by atoms with van der Waals surface area (Å²) in [6.07, 6.45) is 4.67. The minimum absolute atomic E-state index is 0.128. The molecule has 23 heavy (non-hydrogen) atoms. The highest BCUT2D eigenvalue weighted by Gasteiger charge is 2.15. The van der Waals surface area contributed by atoms with Crippen LogP contribution in [0.15, 0.2) is 24.3 Å². The lowest BCUT2D eigenvalue weighted by Gasteiger charge is -2.26. The maximum absolute atomic E-state index is 12.2. The maximum Gasteiger partial charge on any atom is 0.241 e. The van der Waals surface area contributed by atoms with Gasteiger partial charge in [-0.2, -0.15) is 0 Å². The van der Waals surface area contributed by atoms with Crippen molar-refractivity contribution in [3.63, 3.8) is 0 Å². The van der Waals surface area contributed by atoms with E-state index in [4.69, 9.17) is 0 Å². The summed E-state index contributed by atoms with van der Waals surface area (Å²) < 4.78 is 0. The zero-order valence-corrected chi connectivity index (χ0v) is 14.2. The van der Waals surface area contributed by atoms with Crippen LogP contribution in [0.3, 0.4) is 0 Å². The molecule has 1 N–H and O–H groups in total. The summed E-state index contributed by atoms with van der Waals surface area (Å²) in [5.74, 6) is 0.293. The number of nitrogens with zero attached hydrogens (tertiary/aromatic N) is 2. The van der Waals surface area contributed by atoms with Gasteiger partial charge in [0.05, 0.1) is 6.54 Å². The van der Waals surface area contributed by atoms with Crippen LogP contribution >= 0.6 is 0 Å². The van der Waals surface area contributed by atoms with Crippen molar-refractivity contribution in [2.75, 3.05) is 39.0 Å². The average Bonchev–Trinajstić information content (AvgIpc) is 2.58. The molecule has 5 heteroatoms. The Balaban J connectivity index is 1.82. The molecule has 2 amide bonds. The minimum Gasteiger partial charge on any atom is -0.376 e. The summed E-state index contributed by atoms with van der Waals surface area (Å²) in [4.78, 5) is 27.4. The second kappa shape index (κ2) is 8.56. The molecule has 2 rings (SSSR count). The summed E-state index contributed by atoms with van der Waals surface area (Å²) >= 11 is 0. The molecule has 1 heterocycles. The zero-order valence-electron chi connectivity index (χ0n) is 14.2. The highest BCUT2D eigenvalue weighted by molar-refractivity contribution is 5.81. The van der Waals surface area contributed by atoms with Gasteiger partial charge in [-0.1, -0.05) is 12.1 Å². The first-order valence-electron chi connectivity index (χ1n) is 8.37. The van der Waals surface area contributed by atoms with Crippen molar-refractivity contribution in [3.8, 4) is 0 Å². The van der Waals surface area contributed by atoms with Crippen LogP contribution in [0.1, 0.15) is 31.2 Å². The standard InChI is InChI=1S/C18H27N3O2/c1-20(2)17(22)10-9-15-7-6-8-16(13-15)19-14-18(23)21-11-4-3-5-12-21/h6-8,13,19H,3-5,9-12,14H2,1-2H3. The molecule has 0 unspecified atom stereocenters. The first-order chi connectivity index (χ1) is 11.1. The van der Waals surface area contributed by atoms with Crippen molar-refractivity contribution in [2.24, 2.45) is 0 Å². The Hall–Kier alpha value is -2.04. The van der Waals surface area contributed by atoms with Gasteiger partial charge in [0.2, 0.25) is 11.8 Å². The van der Waals surface area contributed by atoms with E-state index in [-0.39, 0.29) is 11.8 Å². The Morgan fingerprint density at radius 3 is 2.61 bits per heavy atom. The Bertz CT molecular complexity index is 537. The predicted molar refractivity (Wildman–Crippen MR) is 92.4 cm³/mol. The molecule has 0 saturated carbocycles. The minimum atomic E-state index is 0.128. The van der Waals surface area contributed by atoms with Crippen molar-refractivity contribution in [1.82, 2.24) is 9.80 Å². The number of hydrogen-bond acceptors (Lipinski definition) is 3. The molecular formula is C18H27N3O2. The maximum atomic E-state index is 12.2. The van der Waals surface area contributed by atoms with Crippen molar-refractivity contribution in [1.29, 1.82) is 0 Å². The second-order valence-corrected chi connectivity index (χ2v) is 6.28. The second-order valence-electron chi connectivity index (χ2n) is 6.28. The van der Waals surface area contributed by atoms with Gasteiger partial charge >= 0.3 is 0 Å². The van der Waals surface area contributed by atoms with Gasteiger partial charge < -0.3 is 15.1 Å². The van der Waals surface area contributed by atoms with Crippen LogP contribution < -0.4 is 5.32 Å². The Kier molecular flexibility index (Phi) is 6.44. The fourth-order valence-electron chi connectivity index (χ4n) is 2.74. The Morgan fingerprint density at radius 1 is 1.17 bits per heavy atom. The van der Waals surface area contributed by atoms with Crippen LogP contribution in [0.5, 0.6) is 0 Å². The number of likely N-dealkylation sites (tertiary alicyclic amines) is 1. The first-order valence-corrected chi connectivity index (χ1v) is 8.37. The molecule has 5 nitrogen and oxygen atoms in total. The molecule has 0 aromatic heterocycles. The summed E-state index contributed by atoms with van der Waals surface area (Å²) in [6.45, 7) is 2.10. The number of hydrogen-bond donors (Lipinski definition) is 1. The van der Waals surface area contributed by atoms with Gasteiger partial charge in [0.25, 0.3) is 0 Å². The molecule has 1 aromatic carbocycles. The van der Waals surface area contributed by atoms with Gasteiger partial charge in [0, 0.05) is 39.3 Å². The van der Waals surface area contributed by atoms with Gasteiger partial charge in [-0.05, 0) is 43.4 Å². The molecule has 0 aliphatic carbocycles. The summed E-state index contributed by atoms with van der Waals surface area (Å²) in [5, 5.41) is 3.21. The van der Waals surface area contributed by atoms with Gasteiger partial charge in [0.15, 0.2) is 0 Å². The van der Waals surface area contributed by atoms with Crippen LogP contribution in [0.25, 0.3) is 0 Å². The summed E-state index contributed by atoms with van der Waals surface area (Å²) in [6, 6.07) is 7.96. The van der Waals surface area contributed by atoms with Gasteiger partial charge in [-0.3, -0.25) is 9.59 Å². The molecule has 1 aliphatic rings. The van der Waals surface area contributed by atoms with Crippen LogP contribution in [-0.4, -0.2) is 55.3 Å². The number of nitrogens with one attached hydrogen (secondary N) is 1. The number of piperidine rings is 1. The molecule has 1 fully saturated rings. The third-order valence-corrected chi connectivity index (χ3v) is 4.21. The molecule has 1 aromatic rings. The highest BCUT2D eigenvalue weighted by Crippen LogP contribution is 2.13. The van der Waals surface area contributed by atoms with E-state index in [9.17, 15) is 9.59 Å². The topological polar surface area (TPSA) is 52.7 Å². The largest absolute Gasteiger partial charge is 0.376 e. The summed E-state index contributed by atoms with van der Waals surface area (Å²) in [5.41, 5.74) is 2.04. The molecule has 0 atom stereocenters. The highest BCUT2D eigenvalue weighted by atomic mass is 16.2. The van der Waals surface area contributed by atoms with Gasteiger partial charge in [-0.15, -0.1) is 0 Å². The van der Waals surface area contributed by atoms with E-state index in [1.54, 1.807) is 19.0 Å². The molecule has 126 valence electrons. The van der Waals surface area contributed by atoms with Crippen molar-refractivity contribution < 1.29 is 9.59 Å². The number of amides is 2. The first kappa shape index (κ1) is 17.3. The van der Waals surface area contributed by atoms with Gasteiger partial charge in [-0.25, -0.2) is 0 Å². The number of aryl methyl sites for hydroxylation is 1. The molecule has 1 saturated heterocycles. The van der Waals surface area contributed by atoms with Crippen LogP contribution in [0.4, 0.5) is 5.69 Å². The molecular weight excluding hydrogens is 290 g/mol. The number of rotatable bonds is 6. The van der Waals surface area contributed by atoms with E-state index >= 15 is 0 Å². The third-order valence-electron chi connectivity index (χ3n) is 4.21. The van der Waals surface area contributed by atoms with Crippen molar-refractivity contribution >= 4 is 17.5 Å². The van der Waals surface area contributed by atoms with Crippen molar-refractivity contribution in [3.05, 3.63) is 29.8 Å². The van der Waals surface area contributed by atoms with E-state index in [2.05, 4.69) is 5.32 Å². The molecule has 0 bridgehead atoms. The van der Waals surface area contributed by atoms with Crippen LogP contribution in [0.2, 0.25) is 0 Å². The number of carbonyl (C=O) groups is 2. The SMILES string of the molecule is CN(C)C(=O)CCc1cccc(NCC(=O)N2CCCCC2)c1. The van der Waals surface area contributed by atoms with Crippen LogP contribution in [-0.2, 0) is 16.0 Å². The fourth-order valence-corrected chi connectivity index (χ4v) is 2.74. The molecule has 0 spiro atoms. The van der Waals surface area contributed by atoms with E-state index < -0.39 is 0 Å². The number of anilines is 1. The van der Waals surface area contributed by atoms with E-state index in [0.29, 0.717) is 19.4 Å². The summed E-state index contributed by atoms with van der Waals surface area (Å²) in [7, 11) is 3.54. The lowest BCUT2D eigenvalue weighted by molar-refractivity contribution is -0.130. The number of benzene rings is 1. The van der Waals surface area contributed by atoms with Crippen molar-refractivity contribution in [2.45, 2.75) is 32.1 Å². The number of carbonyl (C=O) groups excluding carboxylic acids is 2. The average molecular weight is 317 g/mol. The smallest absolute Gasteiger partial charge is 0.241 e. The monoisotopic (exact) mass is 317 g/mol. The van der Waals surface area contributed by atoms with Gasteiger partial charge in [0.1, 0.15) is 0 Å². The van der Waals surface area contributed by atoms with Crippen LogP contribution in [0, 0.1) is 0 Å². The Labute approximate surface area is 138 Å². The van der Waals surface area contributed by atoms with E-state index in [1.807, 2.05) is 29.2 Å². The Morgan fingerprint density at radius 2 is 1.91 bits per heavy atom.